The lowest BCUT2D eigenvalue weighted by molar-refractivity contribution is 0.600. The zero-order valence-corrected chi connectivity index (χ0v) is 10.4. The highest BCUT2D eigenvalue weighted by atomic mass is 19.1. The van der Waals surface area contributed by atoms with E-state index in [2.05, 4.69) is 10.3 Å². The smallest absolute Gasteiger partial charge is 0.203 e. The molecule has 1 heterocycles. The molecule has 3 rings (SSSR count). The number of halogens is 1. The minimum absolute atomic E-state index is 0.166. The van der Waals surface area contributed by atoms with Crippen molar-refractivity contribution < 1.29 is 4.39 Å². The van der Waals surface area contributed by atoms with Crippen LogP contribution >= 0.6 is 0 Å². The summed E-state index contributed by atoms with van der Waals surface area (Å²) in [5, 5.41) is 3.37. The molecule has 18 heavy (non-hydrogen) atoms. The largest absolute Gasteiger partial charge is 0.353 e. The lowest BCUT2D eigenvalue weighted by atomic mass is 10.2. The zero-order chi connectivity index (χ0) is 12.5. The van der Waals surface area contributed by atoms with Crippen LogP contribution in [0.3, 0.4) is 0 Å². The molecule has 0 amide bonds. The number of imidazole rings is 1. The van der Waals surface area contributed by atoms with Gasteiger partial charge in [-0.1, -0.05) is 18.2 Å². The van der Waals surface area contributed by atoms with E-state index < -0.39 is 0 Å². The van der Waals surface area contributed by atoms with Gasteiger partial charge in [0, 0.05) is 17.8 Å². The highest BCUT2D eigenvalue weighted by Crippen LogP contribution is 2.24. The van der Waals surface area contributed by atoms with Crippen LogP contribution in [0.4, 0.5) is 10.3 Å². The van der Waals surface area contributed by atoms with Crippen molar-refractivity contribution in [3.05, 3.63) is 47.5 Å². The van der Waals surface area contributed by atoms with Gasteiger partial charge in [0.05, 0.1) is 12.2 Å². The van der Waals surface area contributed by atoms with E-state index in [0.717, 1.165) is 11.6 Å². The Bertz CT molecular complexity index is 558. The van der Waals surface area contributed by atoms with Crippen molar-refractivity contribution in [3.8, 4) is 0 Å². The number of hydrogen-bond donors (Lipinski definition) is 1. The standard InChI is InChI=1S/C14H16FN3/c1-10-8-18(14(16-10)17-12-6-7-12)9-11-4-2-3-5-13(11)15/h2-5,8,12H,6-7,9H2,1H3,(H,16,17). The topological polar surface area (TPSA) is 29.9 Å². The van der Waals surface area contributed by atoms with Crippen LogP contribution in [-0.4, -0.2) is 15.6 Å². The molecule has 3 nitrogen and oxygen atoms in total. The summed E-state index contributed by atoms with van der Waals surface area (Å²) in [5.74, 6) is 0.680. The molecule has 1 aliphatic carbocycles. The maximum atomic E-state index is 13.6. The minimum Gasteiger partial charge on any atom is -0.353 e. The minimum atomic E-state index is -0.166. The molecule has 0 spiro atoms. The van der Waals surface area contributed by atoms with Crippen molar-refractivity contribution in [2.24, 2.45) is 0 Å². The van der Waals surface area contributed by atoms with Crippen LogP contribution in [0.15, 0.2) is 30.5 Å². The molecule has 0 bridgehead atoms. The Balaban J connectivity index is 1.85. The van der Waals surface area contributed by atoms with E-state index in [-0.39, 0.29) is 5.82 Å². The highest BCUT2D eigenvalue weighted by molar-refractivity contribution is 5.33. The van der Waals surface area contributed by atoms with Gasteiger partial charge in [-0.3, -0.25) is 0 Å². The van der Waals surface area contributed by atoms with Gasteiger partial charge in [0.2, 0.25) is 5.95 Å². The second-order valence-electron chi connectivity index (χ2n) is 4.84. The summed E-state index contributed by atoms with van der Waals surface area (Å²) in [6.45, 7) is 2.47. The number of hydrogen-bond acceptors (Lipinski definition) is 2. The Kier molecular flexibility index (Phi) is 2.78. The molecule has 2 aromatic rings. The summed E-state index contributed by atoms with van der Waals surface area (Å²) in [7, 11) is 0. The summed E-state index contributed by atoms with van der Waals surface area (Å²) in [5.41, 5.74) is 1.64. The number of nitrogens with one attached hydrogen (secondary N) is 1. The number of anilines is 1. The third kappa shape index (κ3) is 2.37. The molecular weight excluding hydrogens is 229 g/mol. The van der Waals surface area contributed by atoms with Crippen molar-refractivity contribution in [2.75, 3.05) is 5.32 Å². The van der Waals surface area contributed by atoms with E-state index in [1.807, 2.05) is 29.8 Å². The van der Waals surface area contributed by atoms with Crippen molar-refractivity contribution in [1.29, 1.82) is 0 Å². The average Bonchev–Trinajstić information content (AvgIpc) is 3.07. The molecule has 0 saturated heterocycles. The van der Waals surface area contributed by atoms with Crippen LogP contribution in [0.2, 0.25) is 0 Å². The van der Waals surface area contributed by atoms with E-state index >= 15 is 0 Å². The van der Waals surface area contributed by atoms with Gasteiger partial charge in [-0.05, 0) is 25.8 Å². The first-order chi connectivity index (χ1) is 8.72. The first-order valence-electron chi connectivity index (χ1n) is 6.26. The van der Waals surface area contributed by atoms with E-state index in [9.17, 15) is 4.39 Å². The Labute approximate surface area is 106 Å². The van der Waals surface area contributed by atoms with Gasteiger partial charge in [0.25, 0.3) is 0 Å². The zero-order valence-electron chi connectivity index (χ0n) is 10.4. The Morgan fingerprint density at radius 2 is 2.17 bits per heavy atom. The van der Waals surface area contributed by atoms with Crippen molar-refractivity contribution in [3.63, 3.8) is 0 Å². The Morgan fingerprint density at radius 3 is 2.89 bits per heavy atom. The van der Waals surface area contributed by atoms with Crippen LogP contribution in [0, 0.1) is 12.7 Å². The number of rotatable bonds is 4. The van der Waals surface area contributed by atoms with Crippen LogP contribution in [-0.2, 0) is 6.54 Å². The highest BCUT2D eigenvalue weighted by Gasteiger charge is 2.23. The molecule has 1 N–H and O–H groups in total. The van der Waals surface area contributed by atoms with E-state index in [1.165, 1.54) is 18.9 Å². The molecular formula is C14H16FN3. The summed E-state index contributed by atoms with van der Waals surface area (Å²) in [6, 6.07) is 7.42. The molecule has 0 radical (unpaired) electrons. The maximum Gasteiger partial charge on any atom is 0.203 e. The van der Waals surface area contributed by atoms with E-state index in [0.29, 0.717) is 18.2 Å². The molecule has 0 atom stereocenters. The van der Waals surface area contributed by atoms with Gasteiger partial charge in [0.1, 0.15) is 5.82 Å². The number of benzene rings is 1. The first kappa shape index (κ1) is 11.3. The fourth-order valence-electron chi connectivity index (χ4n) is 2.00. The fourth-order valence-corrected chi connectivity index (χ4v) is 2.00. The van der Waals surface area contributed by atoms with Crippen LogP contribution < -0.4 is 5.32 Å². The van der Waals surface area contributed by atoms with Gasteiger partial charge in [-0.25, -0.2) is 9.37 Å². The lowest BCUT2D eigenvalue weighted by Crippen LogP contribution is -2.10. The molecule has 4 heteroatoms. The van der Waals surface area contributed by atoms with Crippen molar-refractivity contribution in [1.82, 2.24) is 9.55 Å². The number of nitrogens with zero attached hydrogens (tertiary/aromatic N) is 2. The molecule has 0 aliphatic heterocycles. The fraction of sp³-hybridized carbons (Fsp3) is 0.357. The maximum absolute atomic E-state index is 13.6. The molecule has 0 unspecified atom stereocenters. The van der Waals surface area contributed by atoms with Gasteiger partial charge in [0.15, 0.2) is 0 Å². The van der Waals surface area contributed by atoms with E-state index in [4.69, 9.17) is 0 Å². The van der Waals surface area contributed by atoms with Crippen molar-refractivity contribution in [2.45, 2.75) is 32.4 Å². The molecule has 1 fully saturated rings. The summed E-state index contributed by atoms with van der Waals surface area (Å²) in [4.78, 5) is 4.45. The molecule has 1 aromatic carbocycles. The van der Waals surface area contributed by atoms with Crippen LogP contribution in [0.5, 0.6) is 0 Å². The molecule has 1 aromatic heterocycles. The van der Waals surface area contributed by atoms with Gasteiger partial charge in [-0.15, -0.1) is 0 Å². The normalized spacial score (nSPS) is 14.8. The number of aromatic nitrogens is 2. The van der Waals surface area contributed by atoms with Crippen LogP contribution in [0.1, 0.15) is 24.1 Å². The quantitative estimate of drug-likeness (QED) is 0.897. The Morgan fingerprint density at radius 1 is 1.39 bits per heavy atom. The van der Waals surface area contributed by atoms with Gasteiger partial charge in [-0.2, -0.15) is 0 Å². The van der Waals surface area contributed by atoms with Gasteiger partial charge >= 0.3 is 0 Å². The Hall–Kier alpha value is -1.84. The SMILES string of the molecule is Cc1cn(Cc2ccccc2F)c(NC2CC2)n1. The predicted octanol–water partition coefficient (Wildman–Crippen LogP) is 2.95. The van der Waals surface area contributed by atoms with Gasteiger partial charge < -0.3 is 9.88 Å². The number of aryl methyl sites for hydroxylation is 1. The average molecular weight is 245 g/mol. The van der Waals surface area contributed by atoms with Crippen molar-refractivity contribution >= 4 is 5.95 Å². The monoisotopic (exact) mass is 245 g/mol. The van der Waals surface area contributed by atoms with E-state index in [1.54, 1.807) is 6.07 Å². The summed E-state index contributed by atoms with van der Waals surface area (Å²) >= 11 is 0. The van der Waals surface area contributed by atoms with Crippen LogP contribution in [0.25, 0.3) is 0 Å². The second kappa shape index (κ2) is 4.44. The third-order valence-electron chi connectivity index (χ3n) is 3.11. The lowest BCUT2D eigenvalue weighted by Gasteiger charge is -2.09. The predicted molar refractivity (Wildman–Crippen MR) is 69.1 cm³/mol. The molecule has 1 saturated carbocycles. The molecule has 1 aliphatic rings. The summed E-state index contributed by atoms with van der Waals surface area (Å²) in [6.07, 6.45) is 4.36. The molecule has 94 valence electrons. The third-order valence-corrected chi connectivity index (χ3v) is 3.11. The summed E-state index contributed by atoms with van der Waals surface area (Å²) < 4.78 is 15.6. The second-order valence-corrected chi connectivity index (χ2v) is 4.84. The first-order valence-corrected chi connectivity index (χ1v) is 6.26.